The Morgan fingerprint density at radius 3 is 2.76 bits per heavy atom. The zero-order valence-electron chi connectivity index (χ0n) is 10.9. The lowest BCUT2D eigenvalue weighted by Crippen LogP contribution is -2.18. The van der Waals surface area contributed by atoms with E-state index in [1.54, 1.807) is 16.7 Å². The molecule has 102 valence electrons. The summed E-state index contributed by atoms with van der Waals surface area (Å²) in [5.41, 5.74) is 2.35. The van der Waals surface area contributed by atoms with Crippen molar-refractivity contribution in [1.82, 2.24) is 14.5 Å². The lowest BCUT2D eigenvalue weighted by molar-refractivity contribution is 0.960. The van der Waals surface area contributed by atoms with Crippen LogP contribution in [-0.2, 0) is 0 Å². The van der Waals surface area contributed by atoms with Crippen LogP contribution in [0.1, 0.15) is 0 Å². The molecule has 0 aliphatic carbocycles. The number of fused-ring (bicyclic) bond motifs is 2. The van der Waals surface area contributed by atoms with Crippen LogP contribution in [0, 0.1) is 0 Å². The Morgan fingerprint density at radius 1 is 1.05 bits per heavy atom. The highest BCUT2D eigenvalue weighted by atomic mass is 35.5. The highest BCUT2D eigenvalue weighted by Gasteiger charge is 2.10. The molecule has 2 heterocycles. The van der Waals surface area contributed by atoms with E-state index in [9.17, 15) is 4.79 Å². The highest BCUT2D eigenvalue weighted by molar-refractivity contribution is 6.31. The summed E-state index contributed by atoms with van der Waals surface area (Å²) in [6.07, 6.45) is 0. The third-order valence-corrected chi connectivity index (χ3v) is 3.68. The molecule has 0 fully saturated rings. The molecule has 0 bridgehead atoms. The molecule has 0 saturated heterocycles. The number of halogens is 1. The van der Waals surface area contributed by atoms with Crippen LogP contribution in [0.4, 0.5) is 0 Å². The minimum atomic E-state index is -0.135. The zero-order valence-corrected chi connectivity index (χ0v) is 11.6. The molecule has 21 heavy (non-hydrogen) atoms. The van der Waals surface area contributed by atoms with Gasteiger partial charge in [0.1, 0.15) is 0 Å². The van der Waals surface area contributed by atoms with Crippen LogP contribution in [0.3, 0.4) is 0 Å². The fraction of sp³-hybridized carbons (Fsp3) is 0. The van der Waals surface area contributed by atoms with E-state index in [0.717, 1.165) is 21.9 Å². The number of hydrogen-bond donors (Lipinski definition) is 1. The fourth-order valence-electron chi connectivity index (χ4n) is 2.48. The second kappa shape index (κ2) is 4.46. The first-order chi connectivity index (χ1) is 10.2. The van der Waals surface area contributed by atoms with Crippen LogP contribution in [0.2, 0.25) is 5.02 Å². The molecule has 0 aliphatic heterocycles. The predicted molar refractivity (Wildman–Crippen MR) is 84.2 cm³/mol. The van der Waals surface area contributed by atoms with Crippen molar-refractivity contribution >= 4 is 33.5 Å². The van der Waals surface area contributed by atoms with Crippen LogP contribution in [-0.4, -0.2) is 14.5 Å². The molecule has 2 aromatic carbocycles. The summed E-state index contributed by atoms with van der Waals surface area (Å²) < 4.78 is 1.56. The Bertz CT molecular complexity index is 999. The Morgan fingerprint density at radius 2 is 1.90 bits per heavy atom. The molecule has 0 aliphatic rings. The summed E-state index contributed by atoms with van der Waals surface area (Å²) in [7, 11) is 0. The van der Waals surface area contributed by atoms with Gasteiger partial charge in [0.05, 0.1) is 16.6 Å². The minimum Gasteiger partial charge on any atom is -0.323 e. The van der Waals surface area contributed by atoms with Gasteiger partial charge in [0.2, 0.25) is 5.95 Å². The number of benzene rings is 2. The SMILES string of the molecule is O=c1ccc2cc(Cl)ccc2n1-c1nc2ccccc2[nH]1. The third-order valence-electron chi connectivity index (χ3n) is 3.45. The van der Waals surface area contributed by atoms with E-state index in [0.29, 0.717) is 11.0 Å². The average molecular weight is 296 g/mol. The first-order valence-corrected chi connectivity index (χ1v) is 6.87. The van der Waals surface area contributed by atoms with Gasteiger partial charge in [-0.3, -0.25) is 4.79 Å². The van der Waals surface area contributed by atoms with E-state index in [1.807, 2.05) is 36.4 Å². The summed E-state index contributed by atoms with van der Waals surface area (Å²) in [6.45, 7) is 0. The molecule has 0 radical (unpaired) electrons. The smallest absolute Gasteiger partial charge is 0.257 e. The van der Waals surface area contributed by atoms with E-state index in [-0.39, 0.29) is 5.56 Å². The molecular weight excluding hydrogens is 286 g/mol. The number of aromatic nitrogens is 3. The van der Waals surface area contributed by atoms with Crippen molar-refractivity contribution in [3.05, 3.63) is 70.0 Å². The topological polar surface area (TPSA) is 50.7 Å². The molecular formula is C16H10ClN3O. The molecule has 5 heteroatoms. The predicted octanol–water partition coefficient (Wildman–Crippen LogP) is 3.52. The van der Waals surface area contributed by atoms with E-state index >= 15 is 0 Å². The Kier molecular flexibility index (Phi) is 2.59. The van der Waals surface area contributed by atoms with Crippen LogP contribution in [0.15, 0.2) is 59.4 Å². The molecule has 2 aromatic heterocycles. The number of rotatable bonds is 1. The van der Waals surface area contributed by atoms with Crippen LogP contribution in [0.25, 0.3) is 27.9 Å². The summed E-state index contributed by atoms with van der Waals surface area (Å²) in [5, 5.41) is 1.53. The van der Waals surface area contributed by atoms with Crippen molar-refractivity contribution in [2.24, 2.45) is 0 Å². The molecule has 0 unspecified atom stereocenters. The zero-order chi connectivity index (χ0) is 14.4. The number of H-pyrrole nitrogens is 1. The summed E-state index contributed by atoms with van der Waals surface area (Å²) in [5.74, 6) is 0.508. The number of nitrogens with zero attached hydrogens (tertiary/aromatic N) is 2. The van der Waals surface area contributed by atoms with Gasteiger partial charge < -0.3 is 4.98 Å². The molecule has 0 amide bonds. The summed E-state index contributed by atoms with van der Waals surface area (Å²) >= 11 is 6.01. The van der Waals surface area contributed by atoms with Crippen molar-refractivity contribution < 1.29 is 0 Å². The molecule has 0 atom stereocenters. The van der Waals surface area contributed by atoms with E-state index < -0.39 is 0 Å². The Labute approximate surface area is 124 Å². The standard InChI is InChI=1S/C16H10ClN3O/c17-11-6-7-14-10(9-11)5-8-15(21)20(14)16-18-12-3-1-2-4-13(12)19-16/h1-9H,(H,18,19). The van der Waals surface area contributed by atoms with Gasteiger partial charge in [-0.2, -0.15) is 0 Å². The lowest BCUT2D eigenvalue weighted by atomic mass is 10.2. The maximum Gasteiger partial charge on any atom is 0.257 e. The highest BCUT2D eigenvalue weighted by Crippen LogP contribution is 2.20. The van der Waals surface area contributed by atoms with Gasteiger partial charge in [-0.05, 0) is 36.4 Å². The molecule has 4 nitrogen and oxygen atoms in total. The maximum atomic E-state index is 12.3. The largest absolute Gasteiger partial charge is 0.323 e. The van der Waals surface area contributed by atoms with Crippen molar-refractivity contribution in [2.75, 3.05) is 0 Å². The minimum absolute atomic E-state index is 0.135. The Hall–Kier alpha value is -2.59. The van der Waals surface area contributed by atoms with Crippen LogP contribution in [0.5, 0.6) is 0 Å². The van der Waals surface area contributed by atoms with Crippen LogP contribution < -0.4 is 5.56 Å². The van der Waals surface area contributed by atoms with Crippen molar-refractivity contribution in [3.8, 4) is 5.95 Å². The molecule has 4 aromatic rings. The first-order valence-electron chi connectivity index (χ1n) is 6.49. The fourth-order valence-corrected chi connectivity index (χ4v) is 2.66. The number of hydrogen-bond acceptors (Lipinski definition) is 2. The number of nitrogens with one attached hydrogen (secondary N) is 1. The first kappa shape index (κ1) is 12.2. The van der Waals surface area contributed by atoms with Crippen molar-refractivity contribution in [3.63, 3.8) is 0 Å². The van der Waals surface area contributed by atoms with Gasteiger partial charge >= 0.3 is 0 Å². The molecule has 1 N–H and O–H groups in total. The van der Waals surface area contributed by atoms with E-state index in [4.69, 9.17) is 11.6 Å². The number of aromatic amines is 1. The van der Waals surface area contributed by atoms with Gasteiger partial charge in [-0.1, -0.05) is 23.7 Å². The van der Waals surface area contributed by atoms with Gasteiger partial charge in [-0.15, -0.1) is 0 Å². The van der Waals surface area contributed by atoms with Gasteiger partial charge in [0, 0.05) is 16.5 Å². The lowest BCUT2D eigenvalue weighted by Gasteiger charge is -2.07. The number of pyridine rings is 1. The monoisotopic (exact) mass is 295 g/mol. The second-order valence-corrected chi connectivity index (χ2v) is 5.22. The molecule has 0 spiro atoms. The maximum absolute atomic E-state index is 12.3. The van der Waals surface area contributed by atoms with Crippen molar-refractivity contribution in [2.45, 2.75) is 0 Å². The molecule has 4 rings (SSSR count). The summed E-state index contributed by atoms with van der Waals surface area (Å²) in [4.78, 5) is 19.9. The summed E-state index contributed by atoms with van der Waals surface area (Å²) in [6, 6.07) is 16.4. The van der Waals surface area contributed by atoms with Crippen LogP contribution >= 0.6 is 11.6 Å². The van der Waals surface area contributed by atoms with E-state index in [1.165, 1.54) is 6.07 Å². The third kappa shape index (κ3) is 1.92. The van der Waals surface area contributed by atoms with Gasteiger partial charge in [0.15, 0.2) is 0 Å². The Balaban J connectivity index is 2.09. The molecule has 0 saturated carbocycles. The van der Waals surface area contributed by atoms with Crippen molar-refractivity contribution in [1.29, 1.82) is 0 Å². The van der Waals surface area contributed by atoms with E-state index in [2.05, 4.69) is 9.97 Å². The average Bonchev–Trinajstić information content (AvgIpc) is 2.90. The number of imidazole rings is 1. The second-order valence-electron chi connectivity index (χ2n) is 4.79. The van der Waals surface area contributed by atoms with Gasteiger partial charge in [0.25, 0.3) is 5.56 Å². The van der Waals surface area contributed by atoms with Gasteiger partial charge in [-0.25, -0.2) is 9.55 Å². The quantitative estimate of drug-likeness (QED) is 0.584. The normalized spacial score (nSPS) is 11.3. The number of para-hydroxylation sites is 2.